The van der Waals surface area contributed by atoms with Gasteiger partial charge in [-0.05, 0) is 25.9 Å². The Morgan fingerprint density at radius 3 is 2.74 bits per heavy atom. The number of hydrogen-bond acceptors (Lipinski definition) is 4. The van der Waals surface area contributed by atoms with Crippen LogP contribution in [0.5, 0.6) is 0 Å². The lowest BCUT2D eigenvalue weighted by Gasteiger charge is -2.31. The predicted octanol–water partition coefficient (Wildman–Crippen LogP) is -0.406. The van der Waals surface area contributed by atoms with Gasteiger partial charge in [0, 0.05) is 19.4 Å². The van der Waals surface area contributed by atoms with Crippen LogP contribution in [0.4, 0.5) is 4.79 Å². The number of aryl methyl sites for hydroxylation is 1. The lowest BCUT2D eigenvalue weighted by Crippen LogP contribution is -2.53. The van der Waals surface area contributed by atoms with Crippen molar-refractivity contribution >= 4 is 11.9 Å². The molecule has 7 nitrogen and oxygen atoms in total. The second kappa shape index (κ2) is 4.34. The van der Waals surface area contributed by atoms with E-state index in [2.05, 4.69) is 15.6 Å². The normalized spacial score (nSPS) is 22.1. The highest BCUT2D eigenvalue weighted by Gasteiger charge is 2.51. The number of carbonyl (C=O) groups is 2. The van der Waals surface area contributed by atoms with Gasteiger partial charge in [-0.2, -0.15) is 0 Å². The van der Waals surface area contributed by atoms with Gasteiger partial charge < -0.3 is 15.2 Å². The lowest BCUT2D eigenvalue weighted by atomic mass is 9.88. The van der Waals surface area contributed by atoms with E-state index in [1.165, 1.54) is 4.90 Å². The minimum Gasteiger partial charge on any atom is -0.337 e. The summed E-state index contributed by atoms with van der Waals surface area (Å²) in [5.41, 5.74) is -0.701. The summed E-state index contributed by atoms with van der Waals surface area (Å²) in [6, 6.07) is -0.310. The fourth-order valence-corrected chi connectivity index (χ4v) is 2.70. The van der Waals surface area contributed by atoms with Crippen LogP contribution in [-0.2, 0) is 18.4 Å². The van der Waals surface area contributed by atoms with Crippen LogP contribution < -0.4 is 10.6 Å². The van der Waals surface area contributed by atoms with Gasteiger partial charge in [-0.3, -0.25) is 9.69 Å². The summed E-state index contributed by atoms with van der Waals surface area (Å²) >= 11 is 0. The summed E-state index contributed by atoms with van der Waals surface area (Å²) in [4.78, 5) is 30.0. The van der Waals surface area contributed by atoms with E-state index >= 15 is 0 Å². The Morgan fingerprint density at radius 2 is 2.11 bits per heavy atom. The Balaban J connectivity index is 1.81. The molecule has 3 rings (SSSR count). The van der Waals surface area contributed by atoms with E-state index in [1.54, 1.807) is 12.4 Å². The van der Waals surface area contributed by atoms with E-state index in [4.69, 9.17) is 0 Å². The SMILES string of the molecule is Cn1ccnc1CN1C(=O)NC2(CCNCC2)C1=O. The molecular weight excluding hydrogens is 246 g/mol. The van der Waals surface area contributed by atoms with Gasteiger partial charge in [-0.25, -0.2) is 9.78 Å². The van der Waals surface area contributed by atoms with Crippen LogP contribution in [0.25, 0.3) is 0 Å². The lowest BCUT2D eigenvalue weighted by molar-refractivity contribution is -0.132. The van der Waals surface area contributed by atoms with Gasteiger partial charge in [-0.15, -0.1) is 0 Å². The number of imide groups is 1. The summed E-state index contributed by atoms with van der Waals surface area (Å²) in [6.45, 7) is 1.73. The Bertz CT molecular complexity index is 518. The van der Waals surface area contributed by atoms with Gasteiger partial charge in [0.1, 0.15) is 11.4 Å². The molecule has 0 aromatic carbocycles. The molecule has 0 bridgehead atoms. The fourth-order valence-electron chi connectivity index (χ4n) is 2.70. The molecular formula is C12H17N5O2. The summed E-state index contributed by atoms with van der Waals surface area (Å²) in [7, 11) is 1.85. The third-order valence-corrected chi connectivity index (χ3v) is 3.92. The van der Waals surface area contributed by atoms with E-state index in [0.29, 0.717) is 18.7 Å². The summed E-state index contributed by atoms with van der Waals surface area (Å²) in [5.74, 6) is 0.580. The van der Waals surface area contributed by atoms with Gasteiger partial charge in [0.25, 0.3) is 5.91 Å². The van der Waals surface area contributed by atoms with Crippen LogP contribution in [0.2, 0.25) is 0 Å². The zero-order valence-corrected chi connectivity index (χ0v) is 10.8. The summed E-state index contributed by atoms with van der Waals surface area (Å²) in [6.07, 6.45) is 4.76. The number of nitrogens with zero attached hydrogens (tertiary/aromatic N) is 3. The van der Waals surface area contributed by atoms with Crippen molar-refractivity contribution < 1.29 is 9.59 Å². The summed E-state index contributed by atoms with van der Waals surface area (Å²) < 4.78 is 1.81. The quantitative estimate of drug-likeness (QED) is 0.711. The van der Waals surface area contributed by atoms with Crippen LogP contribution >= 0.6 is 0 Å². The standard InChI is InChI=1S/C12H17N5O2/c1-16-7-6-14-9(16)8-17-10(18)12(15-11(17)19)2-4-13-5-3-12/h6-7,13H,2-5,8H2,1H3,(H,15,19). The van der Waals surface area contributed by atoms with Gasteiger partial charge in [0.2, 0.25) is 0 Å². The van der Waals surface area contributed by atoms with Gasteiger partial charge in [0.05, 0.1) is 6.54 Å². The van der Waals surface area contributed by atoms with Crippen LogP contribution in [-0.4, -0.2) is 45.0 Å². The number of piperidine rings is 1. The van der Waals surface area contributed by atoms with Crippen molar-refractivity contribution in [1.29, 1.82) is 0 Å². The zero-order chi connectivity index (χ0) is 13.5. The first-order valence-corrected chi connectivity index (χ1v) is 6.43. The van der Waals surface area contributed by atoms with Gasteiger partial charge in [0.15, 0.2) is 0 Å². The zero-order valence-electron chi connectivity index (χ0n) is 10.8. The monoisotopic (exact) mass is 263 g/mol. The number of urea groups is 1. The highest BCUT2D eigenvalue weighted by Crippen LogP contribution is 2.27. The molecule has 7 heteroatoms. The topological polar surface area (TPSA) is 79.3 Å². The first-order chi connectivity index (χ1) is 9.12. The number of amides is 3. The molecule has 2 aliphatic rings. The van der Waals surface area contributed by atoms with Gasteiger partial charge >= 0.3 is 6.03 Å². The Kier molecular flexibility index (Phi) is 2.78. The highest BCUT2D eigenvalue weighted by molar-refractivity contribution is 6.07. The maximum Gasteiger partial charge on any atom is 0.325 e. The fraction of sp³-hybridized carbons (Fsp3) is 0.583. The number of imidazole rings is 1. The maximum absolute atomic E-state index is 12.5. The maximum atomic E-state index is 12.5. The molecule has 2 fully saturated rings. The minimum absolute atomic E-state index is 0.123. The average molecular weight is 263 g/mol. The molecule has 1 aromatic rings. The van der Waals surface area contributed by atoms with Crippen molar-refractivity contribution in [3.8, 4) is 0 Å². The number of aromatic nitrogens is 2. The molecule has 1 spiro atoms. The first kappa shape index (κ1) is 12.2. The second-order valence-corrected chi connectivity index (χ2v) is 5.11. The van der Waals surface area contributed by atoms with Crippen molar-refractivity contribution in [3.05, 3.63) is 18.2 Å². The molecule has 19 heavy (non-hydrogen) atoms. The molecule has 3 amide bonds. The Labute approximate surface area is 111 Å². The number of rotatable bonds is 2. The van der Waals surface area contributed by atoms with E-state index in [-0.39, 0.29) is 18.5 Å². The van der Waals surface area contributed by atoms with E-state index in [0.717, 1.165) is 13.1 Å². The molecule has 2 aliphatic heterocycles. The van der Waals surface area contributed by atoms with Crippen LogP contribution in [0, 0.1) is 0 Å². The van der Waals surface area contributed by atoms with E-state index in [9.17, 15) is 9.59 Å². The number of hydrogen-bond donors (Lipinski definition) is 2. The molecule has 0 aliphatic carbocycles. The largest absolute Gasteiger partial charge is 0.337 e. The molecule has 2 N–H and O–H groups in total. The van der Waals surface area contributed by atoms with Gasteiger partial charge in [-0.1, -0.05) is 0 Å². The minimum atomic E-state index is -0.701. The third kappa shape index (κ3) is 1.90. The molecule has 2 saturated heterocycles. The van der Waals surface area contributed by atoms with E-state index < -0.39 is 5.54 Å². The average Bonchev–Trinajstić information content (AvgIpc) is 2.89. The van der Waals surface area contributed by atoms with Crippen LogP contribution in [0.15, 0.2) is 12.4 Å². The van der Waals surface area contributed by atoms with Crippen molar-refractivity contribution in [2.45, 2.75) is 24.9 Å². The molecule has 1 aromatic heterocycles. The second-order valence-electron chi connectivity index (χ2n) is 5.11. The van der Waals surface area contributed by atoms with Crippen molar-refractivity contribution in [2.24, 2.45) is 7.05 Å². The predicted molar refractivity (Wildman–Crippen MR) is 67.1 cm³/mol. The van der Waals surface area contributed by atoms with Crippen LogP contribution in [0.1, 0.15) is 18.7 Å². The number of nitrogens with one attached hydrogen (secondary N) is 2. The molecule has 0 radical (unpaired) electrons. The van der Waals surface area contributed by atoms with Crippen molar-refractivity contribution in [3.63, 3.8) is 0 Å². The molecule has 0 atom stereocenters. The summed E-state index contributed by atoms with van der Waals surface area (Å²) in [5, 5.41) is 6.06. The molecule has 0 saturated carbocycles. The molecule has 3 heterocycles. The number of carbonyl (C=O) groups excluding carboxylic acids is 2. The first-order valence-electron chi connectivity index (χ1n) is 6.43. The van der Waals surface area contributed by atoms with Crippen molar-refractivity contribution in [2.75, 3.05) is 13.1 Å². The molecule has 0 unspecified atom stereocenters. The smallest absolute Gasteiger partial charge is 0.325 e. The van der Waals surface area contributed by atoms with E-state index in [1.807, 2.05) is 11.6 Å². The molecule has 102 valence electrons. The Hall–Kier alpha value is -1.89. The third-order valence-electron chi connectivity index (χ3n) is 3.92. The Morgan fingerprint density at radius 1 is 1.37 bits per heavy atom. The van der Waals surface area contributed by atoms with Crippen molar-refractivity contribution in [1.82, 2.24) is 25.1 Å². The van der Waals surface area contributed by atoms with Crippen LogP contribution in [0.3, 0.4) is 0 Å². The highest BCUT2D eigenvalue weighted by atomic mass is 16.2.